The molecule has 110 valence electrons. The van der Waals surface area contributed by atoms with E-state index in [1.165, 1.54) is 0 Å². The highest BCUT2D eigenvalue weighted by atomic mass is 28.4. The summed E-state index contributed by atoms with van der Waals surface area (Å²) in [6.45, 7) is 19.3. The smallest absolute Gasteiger partial charge is 0.374 e. The van der Waals surface area contributed by atoms with Gasteiger partial charge in [-0.3, -0.25) is 0 Å². The van der Waals surface area contributed by atoms with Gasteiger partial charge in [-0.1, -0.05) is 34.6 Å². The quantitative estimate of drug-likeness (QED) is 0.625. The fourth-order valence-corrected chi connectivity index (χ4v) is 5.23. The summed E-state index contributed by atoms with van der Waals surface area (Å²) in [7, 11) is -2.54. The van der Waals surface area contributed by atoms with E-state index >= 15 is 0 Å². The van der Waals surface area contributed by atoms with E-state index in [9.17, 15) is 0 Å². The van der Waals surface area contributed by atoms with Crippen molar-refractivity contribution < 1.29 is 13.3 Å². The molecule has 0 unspecified atom stereocenters. The van der Waals surface area contributed by atoms with Crippen molar-refractivity contribution in [2.75, 3.05) is 19.8 Å². The van der Waals surface area contributed by atoms with Gasteiger partial charge in [-0.15, -0.1) is 0 Å². The summed E-state index contributed by atoms with van der Waals surface area (Å²) in [5.41, 5.74) is 0.301. The summed E-state index contributed by atoms with van der Waals surface area (Å²) in [4.78, 5) is 0. The Morgan fingerprint density at radius 3 is 1.28 bits per heavy atom. The van der Waals surface area contributed by atoms with Crippen LogP contribution in [0.1, 0.15) is 55.4 Å². The zero-order valence-corrected chi connectivity index (χ0v) is 14.6. The largest absolute Gasteiger partial charge is 0.501 e. The van der Waals surface area contributed by atoms with E-state index in [0.717, 1.165) is 6.04 Å². The molecular weight excluding hydrogens is 244 g/mol. The topological polar surface area (TPSA) is 27.7 Å². The van der Waals surface area contributed by atoms with E-state index in [4.69, 9.17) is 13.3 Å². The van der Waals surface area contributed by atoms with Crippen molar-refractivity contribution in [3.8, 4) is 0 Å². The average molecular weight is 276 g/mol. The van der Waals surface area contributed by atoms with Crippen molar-refractivity contribution in [2.45, 2.75) is 61.4 Å². The van der Waals surface area contributed by atoms with Gasteiger partial charge in [-0.25, -0.2) is 0 Å². The molecule has 18 heavy (non-hydrogen) atoms. The fourth-order valence-electron chi connectivity index (χ4n) is 1.74. The Balaban J connectivity index is 5.07. The molecule has 0 aromatic rings. The van der Waals surface area contributed by atoms with Gasteiger partial charge >= 0.3 is 8.80 Å². The van der Waals surface area contributed by atoms with Crippen LogP contribution in [0.2, 0.25) is 6.04 Å². The molecule has 0 rings (SSSR count). The van der Waals surface area contributed by atoms with Gasteiger partial charge in [0.15, 0.2) is 0 Å². The predicted molar refractivity (Wildman–Crippen MR) is 78.7 cm³/mol. The zero-order chi connectivity index (χ0) is 14.4. The lowest BCUT2D eigenvalue weighted by molar-refractivity contribution is 0.0436. The van der Waals surface area contributed by atoms with Crippen LogP contribution in [0.4, 0.5) is 0 Å². The van der Waals surface area contributed by atoms with Crippen molar-refractivity contribution in [1.29, 1.82) is 0 Å². The van der Waals surface area contributed by atoms with E-state index in [2.05, 4.69) is 34.6 Å². The lowest BCUT2D eigenvalue weighted by Gasteiger charge is -2.43. The van der Waals surface area contributed by atoms with Gasteiger partial charge in [0, 0.05) is 25.9 Å². The van der Waals surface area contributed by atoms with Gasteiger partial charge in [0.1, 0.15) is 0 Å². The first kappa shape index (κ1) is 18.1. The maximum atomic E-state index is 5.94. The Bertz CT molecular complexity index is 217. The molecule has 0 fully saturated rings. The van der Waals surface area contributed by atoms with Crippen LogP contribution < -0.4 is 0 Å². The molecule has 0 saturated carbocycles. The lowest BCUT2D eigenvalue weighted by atomic mass is 9.71. The third-order valence-electron chi connectivity index (χ3n) is 3.78. The molecule has 0 radical (unpaired) electrons. The SMILES string of the molecule is CCO[Si](CC(C)(C)C(C)(C)C)(OCC)OCC. The second-order valence-corrected chi connectivity index (χ2v) is 8.88. The van der Waals surface area contributed by atoms with Crippen LogP contribution in [-0.2, 0) is 13.3 Å². The second-order valence-electron chi connectivity index (χ2n) is 6.29. The molecule has 0 spiro atoms. The molecule has 0 bridgehead atoms. The summed E-state index contributed by atoms with van der Waals surface area (Å²) in [6.07, 6.45) is 0. The maximum Gasteiger partial charge on any atom is 0.501 e. The summed E-state index contributed by atoms with van der Waals surface area (Å²) in [5, 5.41) is 0. The van der Waals surface area contributed by atoms with Crippen LogP contribution in [-0.4, -0.2) is 28.6 Å². The molecule has 0 atom stereocenters. The van der Waals surface area contributed by atoms with Crippen LogP contribution in [0.25, 0.3) is 0 Å². The van der Waals surface area contributed by atoms with Crippen LogP contribution >= 0.6 is 0 Å². The minimum Gasteiger partial charge on any atom is -0.374 e. The van der Waals surface area contributed by atoms with E-state index in [1.54, 1.807) is 0 Å². The molecule has 0 aliphatic heterocycles. The second kappa shape index (κ2) is 7.03. The average Bonchev–Trinajstić information content (AvgIpc) is 2.15. The maximum absolute atomic E-state index is 5.94. The summed E-state index contributed by atoms with van der Waals surface area (Å²) < 4.78 is 17.8. The predicted octanol–water partition coefficient (Wildman–Crippen LogP) is 4.11. The first-order chi connectivity index (χ1) is 8.14. The van der Waals surface area contributed by atoms with E-state index < -0.39 is 8.80 Å². The lowest BCUT2D eigenvalue weighted by Crippen LogP contribution is -2.51. The first-order valence-electron chi connectivity index (χ1n) is 7.06. The third-order valence-corrected chi connectivity index (χ3v) is 7.28. The number of rotatable bonds is 8. The molecule has 0 amide bonds. The summed E-state index contributed by atoms with van der Waals surface area (Å²) in [5.74, 6) is 0. The Kier molecular flexibility index (Phi) is 7.07. The van der Waals surface area contributed by atoms with Gasteiger partial charge in [0.2, 0.25) is 0 Å². The van der Waals surface area contributed by atoms with Crippen molar-refractivity contribution in [2.24, 2.45) is 10.8 Å². The molecule has 0 aromatic carbocycles. The molecule has 0 N–H and O–H groups in total. The molecule has 0 aliphatic carbocycles. The summed E-state index contributed by atoms with van der Waals surface area (Å²) >= 11 is 0. The van der Waals surface area contributed by atoms with Crippen LogP contribution in [0.15, 0.2) is 0 Å². The van der Waals surface area contributed by atoms with E-state index in [-0.39, 0.29) is 10.8 Å². The molecule has 0 saturated heterocycles. The van der Waals surface area contributed by atoms with Gasteiger partial charge in [-0.05, 0) is 31.6 Å². The highest BCUT2D eigenvalue weighted by molar-refractivity contribution is 6.60. The first-order valence-corrected chi connectivity index (χ1v) is 8.99. The Labute approximate surface area is 115 Å². The minimum atomic E-state index is -2.54. The number of hydrogen-bond acceptors (Lipinski definition) is 3. The highest BCUT2D eigenvalue weighted by Crippen LogP contribution is 2.44. The van der Waals surface area contributed by atoms with E-state index in [0.29, 0.717) is 19.8 Å². The van der Waals surface area contributed by atoms with Gasteiger partial charge in [0.05, 0.1) is 0 Å². The Hall–Kier alpha value is 0.0969. The van der Waals surface area contributed by atoms with E-state index in [1.807, 2.05) is 20.8 Å². The monoisotopic (exact) mass is 276 g/mol. The normalized spacial score (nSPS) is 14.0. The molecular formula is C14H32O3Si. The van der Waals surface area contributed by atoms with Crippen molar-refractivity contribution >= 4 is 8.80 Å². The Morgan fingerprint density at radius 1 is 0.722 bits per heavy atom. The molecule has 4 heteroatoms. The van der Waals surface area contributed by atoms with Crippen LogP contribution in [0.5, 0.6) is 0 Å². The zero-order valence-electron chi connectivity index (χ0n) is 13.6. The number of hydrogen-bond donors (Lipinski definition) is 0. The fraction of sp³-hybridized carbons (Fsp3) is 1.00. The van der Waals surface area contributed by atoms with Gasteiger partial charge in [0.25, 0.3) is 0 Å². The standard InChI is InChI=1S/C14H32O3Si/c1-9-15-18(16-10-2,17-11-3)12-14(7,8)13(4,5)6/h9-12H2,1-8H3. The Morgan fingerprint density at radius 2 is 1.06 bits per heavy atom. The molecule has 0 heterocycles. The third kappa shape index (κ3) is 5.00. The van der Waals surface area contributed by atoms with Crippen LogP contribution in [0, 0.1) is 10.8 Å². The van der Waals surface area contributed by atoms with Gasteiger partial charge < -0.3 is 13.3 Å². The highest BCUT2D eigenvalue weighted by Gasteiger charge is 2.49. The molecule has 3 nitrogen and oxygen atoms in total. The minimum absolute atomic E-state index is 0.110. The van der Waals surface area contributed by atoms with Crippen molar-refractivity contribution in [3.63, 3.8) is 0 Å². The van der Waals surface area contributed by atoms with Crippen LogP contribution in [0.3, 0.4) is 0 Å². The van der Waals surface area contributed by atoms with Gasteiger partial charge in [-0.2, -0.15) is 0 Å². The summed E-state index contributed by atoms with van der Waals surface area (Å²) in [6, 6.07) is 0.860. The van der Waals surface area contributed by atoms with Crippen molar-refractivity contribution in [1.82, 2.24) is 0 Å². The molecule has 0 aliphatic rings. The van der Waals surface area contributed by atoms with Crippen molar-refractivity contribution in [3.05, 3.63) is 0 Å². The molecule has 0 aromatic heterocycles.